The maximum absolute atomic E-state index is 12.4. The van der Waals surface area contributed by atoms with E-state index in [4.69, 9.17) is 0 Å². The molecule has 1 amide bonds. The zero-order valence-corrected chi connectivity index (χ0v) is 13.7. The maximum Gasteiger partial charge on any atom is 0.471 e. The third-order valence-electron chi connectivity index (χ3n) is 3.04. The van der Waals surface area contributed by atoms with Crippen LogP contribution in [0.4, 0.5) is 18.9 Å². The lowest BCUT2D eigenvalue weighted by Gasteiger charge is -2.11. The Morgan fingerprint density at radius 3 is 2.42 bits per heavy atom. The second kappa shape index (κ2) is 8.11. The Bertz CT molecular complexity index is 673. The Balaban J connectivity index is 0.00000288. The van der Waals surface area contributed by atoms with Gasteiger partial charge in [-0.1, -0.05) is 12.1 Å². The lowest BCUT2D eigenvalue weighted by atomic mass is 10.1. The first-order valence-corrected chi connectivity index (χ1v) is 6.78. The van der Waals surface area contributed by atoms with Crippen LogP contribution in [-0.2, 0) is 11.0 Å². The molecule has 1 aromatic carbocycles. The van der Waals surface area contributed by atoms with Gasteiger partial charge in [-0.3, -0.25) is 4.79 Å². The molecular formula is C14H16ClF3N4O2. The highest BCUT2D eigenvalue weighted by Gasteiger charge is 2.38. The third-order valence-corrected chi connectivity index (χ3v) is 3.04. The van der Waals surface area contributed by atoms with Gasteiger partial charge in [0.05, 0.1) is 0 Å². The zero-order chi connectivity index (χ0) is 17.0. The van der Waals surface area contributed by atoms with Crippen LogP contribution < -0.4 is 10.6 Å². The van der Waals surface area contributed by atoms with Crippen LogP contribution in [0, 0.1) is 5.92 Å². The van der Waals surface area contributed by atoms with E-state index in [1.165, 1.54) is 12.1 Å². The Kier molecular flexibility index (Phi) is 6.73. The molecule has 0 aliphatic heterocycles. The van der Waals surface area contributed by atoms with Gasteiger partial charge in [0.15, 0.2) is 0 Å². The van der Waals surface area contributed by atoms with Gasteiger partial charge in [-0.25, -0.2) is 0 Å². The molecule has 0 bridgehead atoms. The zero-order valence-electron chi connectivity index (χ0n) is 12.8. The van der Waals surface area contributed by atoms with Crippen LogP contribution >= 0.6 is 12.4 Å². The molecule has 1 heterocycles. The first-order valence-electron chi connectivity index (χ1n) is 6.78. The number of alkyl halides is 3. The SMILES string of the molecule is CNCC(C)C(=O)Nc1ccc(-c2noc(C(F)(F)F)n2)cc1.Cl. The number of nitrogens with zero attached hydrogens (tertiary/aromatic N) is 2. The normalized spacial score (nSPS) is 12.4. The predicted octanol–water partition coefficient (Wildman–Crippen LogP) is 2.97. The van der Waals surface area contributed by atoms with Gasteiger partial charge < -0.3 is 15.2 Å². The largest absolute Gasteiger partial charge is 0.471 e. The number of hydrogen-bond donors (Lipinski definition) is 2. The number of benzene rings is 1. The smallest absolute Gasteiger partial charge is 0.329 e. The standard InChI is InChI=1S/C14H15F3N4O2.ClH/c1-8(7-18-2)12(22)19-10-5-3-9(4-6-10)11-20-13(23-21-11)14(15,16)17;/h3-6,8,18H,7H2,1-2H3,(H,19,22);1H. The second-order valence-corrected chi connectivity index (χ2v) is 4.95. The maximum atomic E-state index is 12.4. The summed E-state index contributed by atoms with van der Waals surface area (Å²) in [6, 6.07) is 6.12. The summed E-state index contributed by atoms with van der Waals surface area (Å²) in [6.07, 6.45) is -4.68. The number of carbonyl (C=O) groups excluding carboxylic acids is 1. The first kappa shape index (κ1) is 19.9. The average Bonchev–Trinajstić information content (AvgIpc) is 2.98. The molecule has 0 saturated carbocycles. The van der Waals surface area contributed by atoms with Crippen molar-refractivity contribution < 1.29 is 22.5 Å². The first-order chi connectivity index (χ1) is 10.8. The number of anilines is 1. The molecule has 0 aliphatic carbocycles. The van der Waals surface area contributed by atoms with E-state index >= 15 is 0 Å². The summed E-state index contributed by atoms with van der Waals surface area (Å²) in [6.45, 7) is 2.31. The van der Waals surface area contributed by atoms with Crippen molar-refractivity contribution in [3.63, 3.8) is 0 Å². The van der Waals surface area contributed by atoms with Crippen molar-refractivity contribution in [2.75, 3.05) is 18.9 Å². The Labute approximate surface area is 142 Å². The van der Waals surface area contributed by atoms with Crippen LogP contribution in [0.2, 0.25) is 0 Å². The number of rotatable bonds is 5. The molecule has 0 fully saturated rings. The fraction of sp³-hybridized carbons (Fsp3) is 0.357. The lowest BCUT2D eigenvalue weighted by molar-refractivity contribution is -0.159. The molecule has 24 heavy (non-hydrogen) atoms. The van der Waals surface area contributed by atoms with Crippen molar-refractivity contribution in [1.82, 2.24) is 15.5 Å². The van der Waals surface area contributed by atoms with Crippen molar-refractivity contribution in [3.8, 4) is 11.4 Å². The van der Waals surface area contributed by atoms with E-state index in [1.54, 1.807) is 26.1 Å². The van der Waals surface area contributed by atoms with Gasteiger partial charge in [-0.2, -0.15) is 18.2 Å². The Hall–Kier alpha value is -2.13. The molecule has 1 atom stereocenters. The molecule has 132 valence electrons. The van der Waals surface area contributed by atoms with Crippen molar-refractivity contribution in [2.45, 2.75) is 13.1 Å². The van der Waals surface area contributed by atoms with E-state index in [1.807, 2.05) is 0 Å². The van der Waals surface area contributed by atoms with Crippen LogP contribution in [-0.4, -0.2) is 29.6 Å². The van der Waals surface area contributed by atoms with Crippen LogP contribution in [0.15, 0.2) is 28.8 Å². The van der Waals surface area contributed by atoms with E-state index in [-0.39, 0.29) is 30.1 Å². The summed E-state index contributed by atoms with van der Waals surface area (Å²) in [4.78, 5) is 15.2. The highest BCUT2D eigenvalue weighted by Crippen LogP contribution is 2.29. The molecule has 10 heteroatoms. The lowest BCUT2D eigenvalue weighted by Crippen LogP contribution is -2.28. The van der Waals surface area contributed by atoms with E-state index in [0.717, 1.165) is 0 Å². The van der Waals surface area contributed by atoms with Crippen LogP contribution in [0.1, 0.15) is 12.8 Å². The highest BCUT2D eigenvalue weighted by molar-refractivity contribution is 5.92. The minimum absolute atomic E-state index is 0. The van der Waals surface area contributed by atoms with Gasteiger partial charge in [-0.05, 0) is 31.3 Å². The fourth-order valence-electron chi connectivity index (χ4n) is 1.82. The van der Waals surface area contributed by atoms with Gasteiger partial charge in [0.25, 0.3) is 0 Å². The molecule has 1 aromatic heterocycles. The number of carbonyl (C=O) groups is 1. The fourth-order valence-corrected chi connectivity index (χ4v) is 1.82. The Morgan fingerprint density at radius 1 is 1.29 bits per heavy atom. The summed E-state index contributed by atoms with van der Waals surface area (Å²) in [5.74, 6) is -1.94. The third kappa shape index (κ3) is 4.93. The second-order valence-electron chi connectivity index (χ2n) is 4.95. The van der Waals surface area contributed by atoms with Gasteiger partial charge in [0.2, 0.25) is 11.7 Å². The highest BCUT2D eigenvalue weighted by atomic mass is 35.5. The molecule has 6 nitrogen and oxygen atoms in total. The molecule has 0 spiro atoms. The topological polar surface area (TPSA) is 80.0 Å². The van der Waals surface area contributed by atoms with E-state index in [0.29, 0.717) is 17.8 Å². The number of aromatic nitrogens is 2. The van der Waals surface area contributed by atoms with Crippen molar-refractivity contribution in [1.29, 1.82) is 0 Å². The molecule has 0 aliphatic rings. The quantitative estimate of drug-likeness (QED) is 0.852. The molecule has 2 aromatic rings. The summed E-state index contributed by atoms with van der Waals surface area (Å²) in [7, 11) is 1.75. The number of halogens is 4. The molecule has 0 saturated heterocycles. The van der Waals surface area contributed by atoms with E-state index < -0.39 is 12.1 Å². The van der Waals surface area contributed by atoms with Crippen molar-refractivity contribution in [3.05, 3.63) is 30.2 Å². The molecule has 0 radical (unpaired) electrons. The summed E-state index contributed by atoms with van der Waals surface area (Å²) in [5, 5.41) is 8.91. The average molecular weight is 365 g/mol. The molecule has 2 rings (SSSR count). The number of hydrogen-bond acceptors (Lipinski definition) is 5. The molecule has 2 N–H and O–H groups in total. The molecule has 1 unspecified atom stereocenters. The minimum Gasteiger partial charge on any atom is -0.329 e. The Morgan fingerprint density at radius 2 is 1.92 bits per heavy atom. The minimum atomic E-state index is -4.68. The summed E-state index contributed by atoms with van der Waals surface area (Å²) >= 11 is 0. The summed E-state index contributed by atoms with van der Waals surface area (Å²) in [5.41, 5.74) is 0.881. The van der Waals surface area contributed by atoms with Crippen LogP contribution in [0.25, 0.3) is 11.4 Å². The van der Waals surface area contributed by atoms with Crippen LogP contribution in [0.3, 0.4) is 0 Å². The number of amides is 1. The van der Waals surface area contributed by atoms with Gasteiger partial charge in [0.1, 0.15) is 0 Å². The van der Waals surface area contributed by atoms with Crippen molar-refractivity contribution in [2.24, 2.45) is 5.92 Å². The van der Waals surface area contributed by atoms with Crippen molar-refractivity contribution >= 4 is 24.0 Å². The van der Waals surface area contributed by atoms with Gasteiger partial charge in [0, 0.05) is 23.7 Å². The van der Waals surface area contributed by atoms with Crippen LogP contribution in [0.5, 0.6) is 0 Å². The van der Waals surface area contributed by atoms with Gasteiger partial charge in [-0.15, -0.1) is 12.4 Å². The molecular weight excluding hydrogens is 349 g/mol. The van der Waals surface area contributed by atoms with E-state index in [2.05, 4.69) is 25.3 Å². The predicted molar refractivity (Wildman–Crippen MR) is 83.7 cm³/mol. The van der Waals surface area contributed by atoms with Gasteiger partial charge >= 0.3 is 12.1 Å². The monoisotopic (exact) mass is 364 g/mol. The van der Waals surface area contributed by atoms with E-state index in [9.17, 15) is 18.0 Å². The number of nitrogens with one attached hydrogen (secondary N) is 2. The summed E-state index contributed by atoms with van der Waals surface area (Å²) < 4.78 is 41.4.